The van der Waals surface area contributed by atoms with Crippen LogP contribution in [0.4, 0.5) is 5.69 Å². The van der Waals surface area contributed by atoms with Crippen molar-refractivity contribution in [1.29, 1.82) is 0 Å². The third-order valence-electron chi connectivity index (χ3n) is 8.56. The Morgan fingerprint density at radius 3 is 1.98 bits per heavy atom. The van der Waals surface area contributed by atoms with E-state index in [1.807, 2.05) is 5.32 Å². The quantitative estimate of drug-likeness (QED) is 0.0426. The molecule has 18 nitrogen and oxygen atoms in total. The fourth-order valence-electron chi connectivity index (χ4n) is 5.46. The van der Waals surface area contributed by atoms with E-state index in [0.717, 1.165) is 0 Å². The Morgan fingerprint density at radius 1 is 0.837 bits per heavy atom. The molecule has 1 aliphatic carbocycles. The van der Waals surface area contributed by atoms with E-state index in [2.05, 4.69) is 16.0 Å². The number of carbonyl (C=O) groups excluding carboxylic acids is 5. The first-order valence-corrected chi connectivity index (χ1v) is 17.0. The number of nitrogens with one attached hydrogen (secondary N) is 4. The molecule has 5 atom stereocenters. The zero-order valence-corrected chi connectivity index (χ0v) is 28.0. The molecule has 0 radical (unpaired) electrons. The number of primary amides is 1. The van der Waals surface area contributed by atoms with Gasteiger partial charge in [0, 0.05) is 30.6 Å². The van der Waals surface area contributed by atoms with E-state index in [1.165, 1.54) is 0 Å². The summed E-state index contributed by atoms with van der Waals surface area (Å²) in [6.45, 7) is 3.60. The van der Waals surface area contributed by atoms with Crippen molar-refractivity contribution in [3.8, 4) is 0 Å². The summed E-state index contributed by atoms with van der Waals surface area (Å²) in [6.07, 6.45) is -0.193. The summed E-state index contributed by atoms with van der Waals surface area (Å²) in [5.41, 5.74) is 10.4. The largest absolute Gasteiger partial charge is 0.481 e. The molecule has 1 saturated carbocycles. The van der Waals surface area contributed by atoms with Crippen molar-refractivity contribution in [2.45, 2.75) is 83.3 Å². The zero-order valence-electron chi connectivity index (χ0n) is 27.2. The first kappa shape index (κ1) is 40.4. The second kappa shape index (κ2) is 17.0. The van der Waals surface area contributed by atoms with Gasteiger partial charge in [0.1, 0.15) is 23.9 Å². The lowest BCUT2D eigenvalue weighted by Gasteiger charge is -2.22. The number of hydrogen-bond acceptors (Lipinski definition) is 10. The van der Waals surface area contributed by atoms with Crippen LogP contribution in [0.3, 0.4) is 0 Å². The molecule has 272 valence electrons. The molecule has 1 aromatic carbocycles. The van der Waals surface area contributed by atoms with Gasteiger partial charge in [0.2, 0.25) is 23.6 Å². The Morgan fingerprint density at radius 2 is 1.43 bits per heavy atom. The number of carboxylic acids is 2. The first-order chi connectivity index (χ1) is 22.6. The fourth-order valence-corrected chi connectivity index (χ4v) is 6.12. The van der Waals surface area contributed by atoms with E-state index in [4.69, 9.17) is 16.6 Å². The van der Waals surface area contributed by atoms with Crippen molar-refractivity contribution >= 4 is 57.3 Å². The Hall–Kier alpha value is -4.78. The van der Waals surface area contributed by atoms with Crippen molar-refractivity contribution in [2.75, 3.05) is 18.0 Å². The number of unbranched alkanes of at least 4 members (excludes halogenated alkanes) is 1. The first-order valence-electron chi connectivity index (χ1n) is 15.4. The van der Waals surface area contributed by atoms with Crippen LogP contribution in [-0.2, 0) is 38.9 Å². The smallest absolute Gasteiger partial charge is 0.326 e. The lowest BCUT2D eigenvalue weighted by atomic mass is 9.90. The van der Waals surface area contributed by atoms with Gasteiger partial charge in [-0.05, 0) is 67.2 Å². The number of carboxylic acid groups (broad SMARTS) is 2. The number of carbonyl (C=O) groups is 7. The van der Waals surface area contributed by atoms with Crippen molar-refractivity contribution in [2.24, 2.45) is 16.6 Å². The summed E-state index contributed by atoms with van der Waals surface area (Å²) >= 11 is 0. The van der Waals surface area contributed by atoms with Gasteiger partial charge in [-0.25, -0.2) is 4.79 Å². The third kappa shape index (κ3) is 13.3. The van der Waals surface area contributed by atoms with E-state index in [-0.39, 0.29) is 31.7 Å². The molecule has 5 amide bonds. The van der Waals surface area contributed by atoms with E-state index >= 15 is 0 Å². The third-order valence-corrected chi connectivity index (χ3v) is 9.32. The molecule has 1 aromatic rings. The van der Waals surface area contributed by atoms with Crippen LogP contribution in [-0.4, -0.2) is 95.1 Å². The van der Waals surface area contributed by atoms with Gasteiger partial charge in [-0.15, -0.1) is 0 Å². The molecule has 1 aliphatic rings. The number of anilines is 1. The second-order valence-corrected chi connectivity index (χ2v) is 14.2. The summed E-state index contributed by atoms with van der Waals surface area (Å²) < 4.78 is 32.5. The number of hydrogen-bond donors (Lipinski definition) is 9. The van der Waals surface area contributed by atoms with E-state index < -0.39 is 93.2 Å². The summed E-state index contributed by atoms with van der Waals surface area (Å²) in [5, 5.41) is 28.1. The van der Waals surface area contributed by atoms with Crippen LogP contribution in [0.15, 0.2) is 24.3 Å². The Bertz CT molecular complexity index is 1540. The minimum Gasteiger partial charge on any atom is -0.481 e. The molecule has 11 N–H and O–H groups in total. The van der Waals surface area contributed by atoms with Gasteiger partial charge in [-0.2, -0.15) is 8.42 Å². The number of benzene rings is 1. The van der Waals surface area contributed by atoms with Gasteiger partial charge in [0.15, 0.2) is 0 Å². The standard InChI is InChI=1S/C30H44N6O12S/c1-29(16-30(29,2)14-24(39)40)13-23(38)35-21(15-49(46,47)48)27(43)36-20(28(44)45)10-11-22(37)34-19(25(32)41)5-3-4-12-33-26(42)17-6-8-18(31)9-7-17/h6-9,19-21H,3-5,10-16,31H2,1-2H3,(H2,32,41)(H,33,42)(H,34,37)(H,35,38)(H,36,43)(H,39,40)(H,44,45)(H,46,47,48). The maximum atomic E-state index is 12.9. The fraction of sp³-hybridized carbons (Fsp3) is 0.567. The lowest BCUT2D eigenvalue weighted by Crippen LogP contribution is -2.54. The molecule has 0 spiro atoms. The highest BCUT2D eigenvalue weighted by Gasteiger charge is 2.62. The minimum atomic E-state index is -4.85. The SMILES string of the molecule is CC1(CC(=O)O)CC1(C)CC(=O)NC(CS(=O)(=O)O)C(=O)NC(CCC(=O)NC(CCCCNC(=O)c1ccc(N)cc1)C(N)=O)C(=O)O. The molecular formula is C30H44N6O12S. The number of rotatable bonds is 21. The second-order valence-electron chi connectivity index (χ2n) is 12.7. The van der Waals surface area contributed by atoms with Crippen molar-refractivity contribution in [3.05, 3.63) is 29.8 Å². The summed E-state index contributed by atoms with van der Waals surface area (Å²) in [5.74, 6) is -7.99. The Labute approximate surface area is 282 Å². The topological polar surface area (TPSA) is 314 Å². The van der Waals surface area contributed by atoms with Crippen LogP contribution >= 0.6 is 0 Å². The highest BCUT2D eigenvalue weighted by molar-refractivity contribution is 7.85. The monoisotopic (exact) mass is 712 g/mol. The zero-order chi connectivity index (χ0) is 37.2. The van der Waals surface area contributed by atoms with Crippen molar-refractivity contribution in [3.63, 3.8) is 0 Å². The van der Waals surface area contributed by atoms with Crippen LogP contribution < -0.4 is 32.7 Å². The van der Waals surface area contributed by atoms with E-state index in [0.29, 0.717) is 30.5 Å². The molecule has 0 aromatic heterocycles. The summed E-state index contributed by atoms with van der Waals surface area (Å²) in [4.78, 5) is 85.3. The Balaban J connectivity index is 1.89. The predicted octanol–water partition coefficient (Wildman–Crippen LogP) is -0.858. The average Bonchev–Trinajstić information content (AvgIpc) is 3.49. The summed E-state index contributed by atoms with van der Waals surface area (Å²) in [6, 6.07) is 1.53. The summed E-state index contributed by atoms with van der Waals surface area (Å²) in [7, 11) is -4.85. The molecule has 1 fully saturated rings. The van der Waals surface area contributed by atoms with Crippen LogP contribution in [0, 0.1) is 10.8 Å². The van der Waals surface area contributed by atoms with Crippen LogP contribution in [0.5, 0.6) is 0 Å². The van der Waals surface area contributed by atoms with Gasteiger partial charge in [0.05, 0.1) is 6.42 Å². The van der Waals surface area contributed by atoms with Gasteiger partial charge < -0.3 is 42.9 Å². The van der Waals surface area contributed by atoms with Crippen LogP contribution in [0.25, 0.3) is 0 Å². The van der Waals surface area contributed by atoms with Gasteiger partial charge in [-0.1, -0.05) is 13.8 Å². The number of aliphatic carboxylic acids is 2. The molecule has 0 saturated heterocycles. The maximum Gasteiger partial charge on any atom is 0.326 e. The molecular weight excluding hydrogens is 668 g/mol. The van der Waals surface area contributed by atoms with Crippen LogP contribution in [0.2, 0.25) is 0 Å². The van der Waals surface area contributed by atoms with E-state index in [9.17, 15) is 51.6 Å². The molecule has 2 rings (SSSR count). The maximum absolute atomic E-state index is 12.9. The van der Waals surface area contributed by atoms with Gasteiger partial charge >= 0.3 is 11.9 Å². The molecule has 19 heteroatoms. The molecule has 5 unspecified atom stereocenters. The molecule has 0 heterocycles. The molecule has 49 heavy (non-hydrogen) atoms. The average molecular weight is 713 g/mol. The molecule has 0 aliphatic heterocycles. The minimum absolute atomic E-state index is 0.115. The highest BCUT2D eigenvalue weighted by atomic mass is 32.2. The predicted molar refractivity (Wildman–Crippen MR) is 173 cm³/mol. The normalized spacial score (nSPS) is 20.1. The number of nitrogen functional groups attached to an aromatic ring is 1. The van der Waals surface area contributed by atoms with Crippen molar-refractivity contribution in [1.82, 2.24) is 21.3 Å². The highest BCUT2D eigenvalue weighted by Crippen LogP contribution is 2.67. The number of amides is 5. The Kier molecular flexibility index (Phi) is 14.1. The van der Waals surface area contributed by atoms with E-state index in [1.54, 1.807) is 38.1 Å². The number of nitrogens with two attached hydrogens (primary N) is 2. The van der Waals surface area contributed by atoms with Gasteiger partial charge in [-0.3, -0.25) is 33.3 Å². The van der Waals surface area contributed by atoms with Crippen LogP contribution in [0.1, 0.15) is 75.6 Å². The van der Waals surface area contributed by atoms with Crippen molar-refractivity contribution < 1.29 is 56.7 Å². The lowest BCUT2D eigenvalue weighted by molar-refractivity contribution is -0.142. The van der Waals surface area contributed by atoms with Gasteiger partial charge in [0.25, 0.3) is 16.0 Å². The molecule has 0 bridgehead atoms.